The van der Waals surface area contributed by atoms with Crippen LogP contribution in [0.4, 0.5) is 11.6 Å². The average Bonchev–Trinajstić information content (AvgIpc) is 2.74. The summed E-state index contributed by atoms with van der Waals surface area (Å²) in [5.74, 6) is 1.98. The Hall–Kier alpha value is -1.99. The van der Waals surface area contributed by atoms with Crippen molar-refractivity contribution in [2.45, 2.75) is 25.5 Å². The van der Waals surface area contributed by atoms with Gasteiger partial charge >= 0.3 is 0 Å². The van der Waals surface area contributed by atoms with Crippen LogP contribution in [0, 0.1) is 0 Å². The molecule has 4 rings (SSSR count). The van der Waals surface area contributed by atoms with Gasteiger partial charge in [0, 0.05) is 30.4 Å². The number of nitrogens with zero attached hydrogens (tertiary/aromatic N) is 3. The SMILES string of the molecule is COc1ccc(CNc2nnc(N3CCC(O)CC3)c3cc(Cl)c(Cl)cc23)cc1Cl. The number of ether oxygens (including phenoxy) is 1. The molecule has 1 aliphatic heterocycles. The Balaban J connectivity index is 1.66. The van der Waals surface area contributed by atoms with Crippen LogP contribution in [0.15, 0.2) is 30.3 Å². The summed E-state index contributed by atoms with van der Waals surface area (Å²) in [7, 11) is 1.58. The van der Waals surface area contributed by atoms with Crippen LogP contribution < -0.4 is 15.0 Å². The maximum atomic E-state index is 9.81. The summed E-state index contributed by atoms with van der Waals surface area (Å²) in [6.45, 7) is 1.92. The van der Waals surface area contributed by atoms with Crippen molar-refractivity contribution in [2.24, 2.45) is 0 Å². The van der Waals surface area contributed by atoms with E-state index >= 15 is 0 Å². The topological polar surface area (TPSA) is 70.5 Å². The van der Waals surface area contributed by atoms with Gasteiger partial charge in [-0.1, -0.05) is 40.9 Å². The minimum atomic E-state index is -0.268. The molecule has 1 aliphatic rings. The number of hydrogen-bond donors (Lipinski definition) is 2. The molecule has 0 unspecified atom stereocenters. The molecule has 3 aromatic rings. The zero-order chi connectivity index (χ0) is 21.3. The summed E-state index contributed by atoms with van der Waals surface area (Å²) in [5, 5.41) is 25.2. The Labute approximate surface area is 189 Å². The molecular weight excluding hydrogens is 447 g/mol. The van der Waals surface area contributed by atoms with E-state index in [1.807, 2.05) is 24.3 Å². The molecule has 0 saturated carbocycles. The van der Waals surface area contributed by atoms with Gasteiger partial charge in [0.05, 0.1) is 28.3 Å². The first-order chi connectivity index (χ1) is 14.5. The number of fused-ring (bicyclic) bond motifs is 1. The summed E-state index contributed by atoms with van der Waals surface area (Å²) in [4.78, 5) is 2.12. The number of rotatable bonds is 5. The standard InChI is InChI=1S/C21H21Cl3N4O2/c1-30-19-3-2-12(8-18(19)24)11-25-20-14-9-16(22)17(23)10-15(14)21(27-26-20)28-6-4-13(29)5-7-28/h2-3,8-10,13,29H,4-7,11H2,1H3,(H,25,26). The lowest BCUT2D eigenvalue weighted by atomic mass is 10.1. The van der Waals surface area contributed by atoms with Gasteiger partial charge in [-0.05, 0) is 42.7 Å². The largest absolute Gasteiger partial charge is 0.495 e. The molecule has 1 fully saturated rings. The van der Waals surface area contributed by atoms with Crippen molar-refractivity contribution in [1.82, 2.24) is 10.2 Å². The van der Waals surface area contributed by atoms with Crippen molar-refractivity contribution in [3.63, 3.8) is 0 Å². The number of halogens is 3. The normalized spacial score (nSPS) is 14.9. The van der Waals surface area contributed by atoms with Gasteiger partial charge in [-0.15, -0.1) is 10.2 Å². The Bertz CT molecular complexity index is 1070. The number of aliphatic hydroxyl groups excluding tert-OH is 1. The molecule has 0 aliphatic carbocycles. The van der Waals surface area contributed by atoms with Gasteiger partial charge in [0.2, 0.25) is 0 Å². The van der Waals surface area contributed by atoms with Crippen molar-refractivity contribution in [2.75, 3.05) is 30.4 Å². The second-order valence-corrected chi connectivity index (χ2v) is 8.45. The van der Waals surface area contributed by atoms with E-state index in [0.29, 0.717) is 59.1 Å². The Kier molecular flexibility index (Phi) is 6.39. The average molecular weight is 468 g/mol. The number of aliphatic hydroxyl groups is 1. The summed E-state index contributed by atoms with van der Waals surface area (Å²) in [6, 6.07) is 9.24. The molecule has 0 atom stereocenters. The molecular formula is C21H21Cl3N4O2. The molecule has 0 spiro atoms. The fourth-order valence-electron chi connectivity index (χ4n) is 3.58. The third kappa shape index (κ3) is 4.37. The molecule has 2 aromatic carbocycles. The van der Waals surface area contributed by atoms with E-state index in [2.05, 4.69) is 20.4 Å². The number of benzene rings is 2. The molecule has 2 heterocycles. The quantitative estimate of drug-likeness (QED) is 0.539. The number of anilines is 2. The molecule has 158 valence electrons. The highest BCUT2D eigenvalue weighted by Gasteiger charge is 2.22. The van der Waals surface area contributed by atoms with Crippen LogP contribution in [0.5, 0.6) is 5.75 Å². The highest BCUT2D eigenvalue weighted by Crippen LogP contribution is 2.36. The zero-order valence-electron chi connectivity index (χ0n) is 16.3. The molecule has 0 radical (unpaired) electrons. The van der Waals surface area contributed by atoms with Gasteiger partial charge in [-0.3, -0.25) is 0 Å². The van der Waals surface area contributed by atoms with Crippen molar-refractivity contribution in [3.8, 4) is 5.75 Å². The predicted molar refractivity (Wildman–Crippen MR) is 122 cm³/mol. The zero-order valence-corrected chi connectivity index (χ0v) is 18.6. The molecule has 6 nitrogen and oxygen atoms in total. The number of hydrogen-bond acceptors (Lipinski definition) is 6. The highest BCUT2D eigenvalue weighted by atomic mass is 35.5. The Morgan fingerprint density at radius 1 is 1.03 bits per heavy atom. The van der Waals surface area contributed by atoms with E-state index in [1.54, 1.807) is 13.2 Å². The smallest absolute Gasteiger partial charge is 0.159 e. The highest BCUT2D eigenvalue weighted by molar-refractivity contribution is 6.43. The number of aromatic nitrogens is 2. The number of piperidine rings is 1. The van der Waals surface area contributed by atoms with Crippen LogP contribution in [0.3, 0.4) is 0 Å². The predicted octanol–water partition coefficient (Wildman–Crippen LogP) is 5.17. The monoisotopic (exact) mass is 466 g/mol. The number of methoxy groups -OCH3 is 1. The van der Waals surface area contributed by atoms with Gasteiger partial charge in [0.25, 0.3) is 0 Å². The van der Waals surface area contributed by atoms with Crippen molar-refractivity contribution < 1.29 is 9.84 Å². The van der Waals surface area contributed by atoms with Crippen LogP contribution in [0.2, 0.25) is 15.1 Å². The van der Waals surface area contributed by atoms with Crippen molar-refractivity contribution in [1.29, 1.82) is 0 Å². The Morgan fingerprint density at radius 2 is 1.73 bits per heavy atom. The fraction of sp³-hybridized carbons (Fsp3) is 0.333. The minimum absolute atomic E-state index is 0.268. The van der Waals surface area contributed by atoms with E-state index in [1.165, 1.54) is 0 Å². The van der Waals surface area contributed by atoms with Crippen LogP contribution in [0.1, 0.15) is 18.4 Å². The third-order valence-corrected chi connectivity index (χ3v) is 6.26. The van der Waals surface area contributed by atoms with Crippen LogP contribution in [-0.2, 0) is 6.54 Å². The maximum Gasteiger partial charge on any atom is 0.159 e. The lowest BCUT2D eigenvalue weighted by Crippen LogP contribution is -2.36. The minimum Gasteiger partial charge on any atom is -0.495 e. The lowest BCUT2D eigenvalue weighted by Gasteiger charge is -2.31. The Morgan fingerprint density at radius 3 is 2.40 bits per heavy atom. The number of nitrogens with one attached hydrogen (secondary N) is 1. The van der Waals surface area contributed by atoms with E-state index in [-0.39, 0.29) is 6.10 Å². The van der Waals surface area contributed by atoms with Gasteiger partial charge in [0.1, 0.15) is 5.75 Å². The van der Waals surface area contributed by atoms with Crippen molar-refractivity contribution in [3.05, 3.63) is 51.0 Å². The van der Waals surface area contributed by atoms with Crippen LogP contribution in [-0.4, -0.2) is 41.6 Å². The van der Waals surface area contributed by atoms with E-state index in [9.17, 15) is 5.11 Å². The maximum absolute atomic E-state index is 9.81. The summed E-state index contributed by atoms with van der Waals surface area (Å²) in [6.07, 6.45) is 1.13. The molecule has 0 bridgehead atoms. The summed E-state index contributed by atoms with van der Waals surface area (Å²) < 4.78 is 5.20. The van der Waals surface area contributed by atoms with Gasteiger partial charge in [-0.2, -0.15) is 0 Å². The third-order valence-electron chi connectivity index (χ3n) is 5.24. The first kappa shape index (κ1) is 21.2. The second-order valence-electron chi connectivity index (χ2n) is 7.22. The van der Waals surface area contributed by atoms with Crippen LogP contribution in [0.25, 0.3) is 10.8 Å². The molecule has 1 saturated heterocycles. The van der Waals surface area contributed by atoms with Crippen LogP contribution >= 0.6 is 34.8 Å². The van der Waals surface area contributed by atoms with Crippen molar-refractivity contribution >= 4 is 57.2 Å². The lowest BCUT2D eigenvalue weighted by molar-refractivity contribution is 0.145. The van der Waals surface area contributed by atoms with E-state index in [0.717, 1.165) is 22.2 Å². The van der Waals surface area contributed by atoms with Gasteiger partial charge in [0.15, 0.2) is 11.6 Å². The van der Waals surface area contributed by atoms with E-state index < -0.39 is 0 Å². The summed E-state index contributed by atoms with van der Waals surface area (Å²) in [5.41, 5.74) is 0.977. The summed E-state index contributed by atoms with van der Waals surface area (Å²) >= 11 is 18.8. The van der Waals surface area contributed by atoms with Gasteiger partial charge < -0.3 is 20.1 Å². The molecule has 30 heavy (non-hydrogen) atoms. The molecule has 9 heteroatoms. The molecule has 1 aromatic heterocycles. The fourth-order valence-corrected chi connectivity index (χ4v) is 4.19. The molecule has 0 amide bonds. The van der Waals surface area contributed by atoms with Gasteiger partial charge in [-0.25, -0.2) is 0 Å². The van der Waals surface area contributed by atoms with E-state index in [4.69, 9.17) is 39.5 Å². The molecule has 2 N–H and O–H groups in total. The first-order valence-electron chi connectivity index (χ1n) is 9.61. The first-order valence-corrected chi connectivity index (χ1v) is 10.7. The second kappa shape index (κ2) is 9.02.